The molecule has 3 heteroatoms. The Hall–Kier alpha value is -1.32. The molecular formula is C15H22N2O. The van der Waals surface area contributed by atoms with Crippen molar-refractivity contribution in [3.63, 3.8) is 0 Å². The van der Waals surface area contributed by atoms with E-state index in [1.807, 2.05) is 0 Å². The highest BCUT2D eigenvalue weighted by Crippen LogP contribution is 2.21. The Morgan fingerprint density at radius 2 is 2.22 bits per heavy atom. The first kappa shape index (κ1) is 13.1. The topological polar surface area (TPSA) is 38.5 Å². The lowest BCUT2D eigenvalue weighted by atomic mass is 10.1. The summed E-state index contributed by atoms with van der Waals surface area (Å²) >= 11 is 0. The smallest absolute Gasteiger partial charge is 0.123 e. The SMILES string of the molecule is COc1cc(CN2CC=C(C)CC2)ccc1CN. The molecule has 1 aliphatic heterocycles. The molecule has 0 radical (unpaired) electrons. The maximum absolute atomic E-state index is 5.68. The predicted molar refractivity (Wildman–Crippen MR) is 74.5 cm³/mol. The van der Waals surface area contributed by atoms with Crippen molar-refractivity contribution in [3.8, 4) is 5.75 Å². The van der Waals surface area contributed by atoms with Crippen molar-refractivity contribution in [3.05, 3.63) is 41.0 Å². The van der Waals surface area contributed by atoms with Crippen LogP contribution in [-0.4, -0.2) is 25.1 Å². The van der Waals surface area contributed by atoms with Crippen molar-refractivity contribution in [1.29, 1.82) is 0 Å². The van der Waals surface area contributed by atoms with E-state index in [4.69, 9.17) is 10.5 Å². The monoisotopic (exact) mass is 246 g/mol. The summed E-state index contributed by atoms with van der Waals surface area (Å²) in [6, 6.07) is 6.32. The molecule has 0 spiro atoms. The molecule has 1 aliphatic rings. The van der Waals surface area contributed by atoms with Gasteiger partial charge >= 0.3 is 0 Å². The van der Waals surface area contributed by atoms with E-state index in [1.54, 1.807) is 7.11 Å². The summed E-state index contributed by atoms with van der Waals surface area (Å²) in [4.78, 5) is 2.45. The molecule has 0 amide bonds. The zero-order valence-electron chi connectivity index (χ0n) is 11.3. The Morgan fingerprint density at radius 3 is 2.83 bits per heavy atom. The molecule has 98 valence electrons. The van der Waals surface area contributed by atoms with Gasteiger partial charge in [0.05, 0.1) is 7.11 Å². The maximum Gasteiger partial charge on any atom is 0.123 e. The molecule has 0 bridgehead atoms. The van der Waals surface area contributed by atoms with Crippen LogP contribution in [-0.2, 0) is 13.1 Å². The molecule has 2 N–H and O–H groups in total. The third-order valence-corrected chi connectivity index (χ3v) is 3.50. The Labute approximate surface area is 109 Å². The average Bonchev–Trinajstić information content (AvgIpc) is 2.41. The van der Waals surface area contributed by atoms with Gasteiger partial charge in [-0.1, -0.05) is 23.8 Å². The highest BCUT2D eigenvalue weighted by atomic mass is 16.5. The number of methoxy groups -OCH3 is 1. The highest BCUT2D eigenvalue weighted by molar-refractivity contribution is 5.37. The number of nitrogens with zero attached hydrogens (tertiary/aromatic N) is 1. The fraction of sp³-hybridized carbons (Fsp3) is 0.467. The zero-order valence-corrected chi connectivity index (χ0v) is 11.3. The van der Waals surface area contributed by atoms with Crippen molar-refractivity contribution in [2.75, 3.05) is 20.2 Å². The summed E-state index contributed by atoms with van der Waals surface area (Å²) in [5.74, 6) is 0.902. The van der Waals surface area contributed by atoms with Gasteiger partial charge < -0.3 is 10.5 Å². The Bertz CT molecular complexity index is 440. The molecule has 0 unspecified atom stereocenters. The summed E-state index contributed by atoms with van der Waals surface area (Å²) in [6.45, 7) is 5.90. The number of hydrogen-bond donors (Lipinski definition) is 1. The molecule has 0 aliphatic carbocycles. The molecule has 0 saturated carbocycles. The second-order valence-electron chi connectivity index (χ2n) is 4.89. The van der Waals surface area contributed by atoms with Crippen LogP contribution in [0.25, 0.3) is 0 Å². The lowest BCUT2D eigenvalue weighted by Gasteiger charge is -2.25. The van der Waals surface area contributed by atoms with Crippen LogP contribution in [0.1, 0.15) is 24.5 Å². The van der Waals surface area contributed by atoms with Crippen LogP contribution >= 0.6 is 0 Å². The highest BCUT2D eigenvalue weighted by Gasteiger charge is 2.11. The lowest BCUT2D eigenvalue weighted by molar-refractivity contribution is 0.285. The largest absolute Gasteiger partial charge is 0.496 e. The van der Waals surface area contributed by atoms with Crippen LogP contribution in [0, 0.1) is 0 Å². The van der Waals surface area contributed by atoms with E-state index in [0.717, 1.165) is 30.9 Å². The second-order valence-corrected chi connectivity index (χ2v) is 4.89. The third-order valence-electron chi connectivity index (χ3n) is 3.50. The number of nitrogens with two attached hydrogens (primary N) is 1. The molecule has 18 heavy (non-hydrogen) atoms. The fourth-order valence-corrected chi connectivity index (χ4v) is 2.27. The van der Waals surface area contributed by atoms with E-state index < -0.39 is 0 Å². The molecular weight excluding hydrogens is 224 g/mol. The van der Waals surface area contributed by atoms with E-state index in [0.29, 0.717) is 6.54 Å². The van der Waals surface area contributed by atoms with Crippen molar-refractivity contribution in [2.45, 2.75) is 26.4 Å². The number of ether oxygens (including phenoxy) is 1. The quantitative estimate of drug-likeness (QED) is 0.829. The predicted octanol–water partition coefficient (Wildman–Crippen LogP) is 2.31. The molecule has 0 saturated heterocycles. The van der Waals surface area contributed by atoms with Crippen molar-refractivity contribution in [1.82, 2.24) is 4.90 Å². The van der Waals surface area contributed by atoms with Crippen molar-refractivity contribution >= 4 is 0 Å². The molecule has 0 fully saturated rings. The Balaban J connectivity index is 2.05. The normalized spacial score (nSPS) is 16.5. The van der Waals surface area contributed by atoms with Gasteiger partial charge in [0.15, 0.2) is 0 Å². The molecule has 1 aromatic carbocycles. The van der Waals surface area contributed by atoms with Crippen LogP contribution in [0.5, 0.6) is 5.75 Å². The van der Waals surface area contributed by atoms with E-state index in [-0.39, 0.29) is 0 Å². The van der Waals surface area contributed by atoms with E-state index in [2.05, 4.69) is 36.1 Å². The summed E-state index contributed by atoms with van der Waals surface area (Å²) in [5, 5.41) is 0. The minimum absolute atomic E-state index is 0.523. The first-order chi connectivity index (χ1) is 8.72. The Kier molecular flexibility index (Phi) is 4.39. The van der Waals surface area contributed by atoms with Crippen LogP contribution in [0.2, 0.25) is 0 Å². The molecule has 0 atom stereocenters. The van der Waals surface area contributed by atoms with Gasteiger partial charge in [-0.15, -0.1) is 0 Å². The van der Waals surface area contributed by atoms with E-state index >= 15 is 0 Å². The molecule has 1 heterocycles. The number of hydrogen-bond acceptors (Lipinski definition) is 3. The third kappa shape index (κ3) is 3.12. The Morgan fingerprint density at radius 1 is 1.39 bits per heavy atom. The van der Waals surface area contributed by atoms with Gasteiger partial charge in [0.2, 0.25) is 0 Å². The minimum Gasteiger partial charge on any atom is -0.496 e. The summed E-state index contributed by atoms with van der Waals surface area (Å²) < 4.78 is 5.37. The van der Waals surface area contributed by atoms with Gasteiger partial charge in [0.1, 0.15) is 5.75 Å². The summed E-state index contributed by atoms with van der Waals surface area (Å²) in [7, 11) is 1.70. The van der Waals surface area contributed by atoms with Gasteiger partial charge in [-0.2, -0.15) is 0 Å². The van der Waals surface area contributed by atoms with Crippen LogP contribution in [0.15, 0.2) is 29.8 Å². The average molecular weight is 246 g/mol. The summed E-state index contributed by atoms with van der Waals surface area (Å²) in [6.07, 6.45) is 3.49. The van der Waals surface area contributed by atoms with Gasteiger partial charge in [0.25, 0.3) is 0 Å². The van der Waals surface area contributed by atoms with Crippen LogP contribution in [0.4, 0.5) is 0 Å². The molecule has 2 rings (SSSR count). The van der Waals surface area contributed by atoms with Crippen molar-refractivity contribution < 1.29 is 4.74 Å². The molecule has 3 nitrogen and oxygen atoms in total. The first-order valence-electron chi connectivity index (χ1n) is 6.46. The molecule has 0 aromatic heterocycles. The molecule has 1 aromatic rings. The maximum atomic E-state index is 5.68. The lowest BCUT2D eigenvalue weighted by Crippen LogP contribution is -2.27. The zero-order chi connectivity index (χ0) is 13.0. The van der Waals surface area contributed by atoms with Crippen molar-refractivity contribution in [2.24, 2.45) is 5.73 Å². The minimum atomic E-state index is 0.523. The van der Waals surface area contributed by atoms with Gasteiger partial charge in [0, 0.05) is 31.7 Å². The number of benzene rings is 1. The standard InChI is InChI=1S/C15H22N2O/c1-12-5-7-17(8-6-12)11-13-3-4-14(10-16)15(9-13)18-2/h3-5,9H,6-8,10-11,16H2,1-2H3. The fourth-order valence-electron chi connectivity index (χ4n) is 2.27. The van der Waals surface area contributed by atoms with Crippen LogP contribution in [0.3, 0.4) is 0 Å². The van der Waals surface area contributed by atoms with Crippen LogP contribution < -0.4 is 10.5 Å². The van der Waals surface area contributed by atoms with E-state index in [9.17, 15) is 0 Å². The van der Waals surface area contributed by atoms with E-state index in [1.165, 1.54) is 17.6 Å². The van der Waals surface area contributed by atoms with Gasteiger partial charge in [-0.3, -0.25) is 4.90 Å². The number of rotatable bonds is 4. The van der Waals surface area contributed by atoms with Gasteiger partial charge in [-0.05, 0) is 25.0 Å². The summed E-state index contributed by atoms with van der Waals surface area (Å²) in [5.41, 5.74) is 9.53. The first-order valence-corrected chi connectivity index (χ1v) is 6.46. The second kappa shape index (κ2) is 6.03. The van der Waals surface area contributed by atoms with Gasteiger partial charge in [-0.25, -0.2) is 0 Å².